The topological polar surface area (TPSA) is 36.1 Å². The maximum Gasteiger partial charge on any atom is 0.289 e. The zero-order chi connectivity index (χ0) is 17.8. The molecule has 0 fully saturated rings. The molecular weight excluding hydrogens is 372 g/mol. The summed E-state index contributed by atoms with van der Waals surface area (Å²) in [7, 11) is 0. The number of nitrogens with zero attached hydrogens (tertiary/aromatic N) is 1. The number of nitrogens with one attached hydrogen (secondary N) is 1. The molecule has 0 saturated heterocycles. The Morgan fingerprint density at radius 3 is 2.56 bits per heavy atom. The molecule has 0 radical (unpaired) electrons. The first kappa shape index (κ1) is 17.6. The number of aromatic nitrogens is 1. The molecule has 126 valence electrons. The number of aliphatic hydroxyl groups excluding tert-OH is 1. The van der Waals surface area contributed by atoms with Crippen molar-refractivity contribution in [1.29, 1.82) is 0 Å². The molecule has 1 aromatic carbocycles. The predicted molar refractivity (Wildman–Crippen MR) is 109 cm³/mol. The number of aryl methyl sites for hydroxylation is 1. The van der Waals surface area contributed by atoms with Crippen LogP contribution in [0.25, 0.3) is 11.5 Å². The van der Waals surface area contributed by atoms with E-state index >= 15 is 0 Å². The summed E-state index contributed by atoms with van der Waals surface area (Å²) in [5.41, 5.74) is 2.39. The molecule has 3 rings (SSSR count). The molecule has 0 aliphatic heterocycles. The maximum atomic E-state index is 10.8. The van der Waals surface area contributed by atoms with Crippen molar-refractivity contribution in [2.24, 2.45) is 0 Å². The van der Waals surface area contributed by atoms with Gasteiger partial charge in [-0.3, -0.25) is 0 Å². The fraction of sp³-hybridized carbons (Fsp3) is 0.0526. The lowest BCUT2D eigenvalue weighted by Crippen LogP contribution is -2.38. The average molecular weight is 388 g/mol. The third-order valence-electron chi connectivity index (χ3n) is 3.50. The summed E-state index contributed by atoms with van der Waals surface area (Å²) < 4.78 is 1.83. The van der Waals surface area contributed by atoms with Crippen molar-refractivity contribution >= 4 is 57.3 Å². The Balaban J connectivity index is 2.03. The lowest BCUT2D eigenvalue weighted by molar-refractivity contribution is -0.576. The second-order valence-corrected chi connectivity index (χ2v) is 7.22. The molecule has 0 spiro atoms. The number of hydrogen-bond acceptors (Lipinski definition) is 3. The summed E-state index contributed by atoms with van der Waals surface area (Å²) in [6.45, 7) is 1.99. The summed E-state index contributed by atoms with van der Waals surface area (Å²) in [6, 6.07) is 14.9. The number of rotatable bonds is 4. The van der Waals surface area contributed by atoms with Crippen LogP contribution < -0.4 is 9.88 Å². The Labute approximate surface area is 160 Å². The summed E-state index contributed by atoms with van der Waals surface area (Å²) in [5.74, 6) is 0.136. The lowest BCUT2D eigenvalue weighted by Gasteiger charge is -2.10. The molecule has 0 saturated carbocycles. The van der Waals surface area contributed by atoms with Gasteiger partial charge in [-0.2, -0.15) is 4.57 Å². The van der Waals surface area contributed by atoms with Crippen LogP contribution in [0.15, 0.2) is 66.3 Å². The second-order valence-electron chi connectivity index (χ2n) is 5.42. The fourth-order valence-corrected chi connectivity index (χ4v) is 3.45. The van der Waals surface area contributed by atoms with Crippen LogP contribution in [0.4, 0.5) is 5.69 Å². The first-order chi connectivity index (χ1) is 12.0. The Kier molecular flexibility index (Phi) is 5.48. The molecule has 6 heteroatoms. The number of anilines is 1. The smallest absolute Gasteiger partial charge is 0.289 e. The van der Waals surface area contributed by atoms with Gasteiger partial charge in [0.2, 0.25) is 5.76 Å². The Morgan fingerprint density at radius 1 is 1.16 bits per heavy atom. The quantitative estimate of drug-likeness (QED) is 0.275. The maximum absolute atomic E-state index is 10.8. The van der Waals surface area contributed by atoms with Gasteiger partial charge >= 0.3 is 0 Å². The van der Waals surface area contributed by atoms with Crippen molar-refractivity contribution in [3.05, 3.63) is 81.8 Å². The number of aliphatic hydroxyl groups is 1. The van der Waals surface area contributed by atoms with Crippen LogP contribution in [0.1, 0.15) is 10.4 Å². The van der Waals surface area contributed by atoms with Gasteiger partial charge in [0.1, 0.15) is 0 Å². The van der Waals surface area contributed by atoms with E-state index in [0.717, 1.165) is 16.1 Å². The largest absolute Gasteiger partial charge is 0.501 e. The van der Waals surface area contributed by atoms with Gasteiger partial charge in [0.25, 0.3) is 5.70 Å². The minimum Gasteiger partial charge on any atom is -0.501 e. The highest BCUT2D eigenvalue weighted by molar-refractivity contribution is 7.81. The van der Waals surface area contributed by atoms with Crippen LogP contribution in [-0.4, -0.2) is 10.1 Å². The molecule has 3 aromatic rings. The minimum absolute atomic E-state index is 0.136. The summed E-state index contributed by atoms with van der Waals surface area (Å²) in [6.07, 6.45) is 3.79. The van der Waals surface area contributed by atoms with Crippen LogP contribution in [0.2, 0.25) is 5.02 Å². The van der Waals surface area contributed by atoms with Gasteiger partial charge in [-0.15, -0.1) is 11.3 Å². The highest BCUT2D eigenvalue weighted by Gasteiger charge is 2.24. The number of thiophene rings is 1. The van der Waals surface area contributed by atoms with Gasteiger partial charge in [-0.1, -0.05) is 29.9 Å². The van der Waals surface area contributed by atoms with Crippen LogP contribution in [0.5, 0.6) is 0 Å². The Hall–Kier alpha value is -2.21. The molecule has 0 unspecified atom stereocenters. The molecule has 0 amide bonds. The van der Waals surface area contributed by atoms with E-state index in [0.29, 0.717) is 15.7 Å². The van der Waals surface area contributed by atoms with Crippen molar-refractivity contribution in [2.45, 2.75) is 6.92 Å². The van der Waals surface area contributed by atoms with Gasteiger partial charge in [-0.05, 0) is 48.7 Å². The molecule has 2 N–H and O–H groups in total. The van der Waals surface area contributed by atoms with Crippen molar-refractivity contribution in [3.8, 4) is 0 Å². The number of pyridine rings is 1. The van der Waals surface area contributed by atoms with Crippen LogP contribution in [-0.2, 0) is 0 Å². The van der Waals surface area contributed by atoms with Crippen molar-refractivity contribution in [3.63, 3.8) is 0 Å². The molecule has 2 heterocycles. The molecule has 0 atom stereocenters. The Morgan fingerprint density at radius 2 is 1.92 bits per heavy atom. The van der Waals surface area contributed by atoms with E-state index < -0.39 is 0 Å². The number of benzene rings is 1. The van der Waals surface area contributed by atoms with Gasteiger partial charge in [0.15, 0.2) is 17.4 Å². The van der Waals surface area contributed by atoms with E-state index in [-0.39, 0.29) is 5.76 Å². The summed E-state index contributed by atoms with van der Waals surface area (Å²) in [4.78, 5) is 1.17. The number of thiocarbonyl (C=S) groups is 1. The standard InChI is InChI=1S/C19H15ClN2OS2/c1-13-4-2-10-22(12-13)17(18(23)16-5-3-11-25-16)19(24)21-15-8-6-14(20)7-9-15/h2-12H,1H3,(H-,21,23,24)/p+1. The van der Waals surface area contributed by atoms with Gasteiger partial charge in [0.05, 0.1) is 4.88 Å². The van der Waals surface area contributed by atoms with Crippen molar-refractivity contribution < 1.29 is 9.67 Å². The zero-order valence-corrected chi connectivity index (χ0v) is 15.8. The molecule has 3 nitrogen and oxygen atoms in total. The highest BCUT2D eigenvalue weighted by Crippen LogP contribution is 2.23. The molecular formula is C19H16ClN2OS2+. The van der Waals surface area contributed by atoms with E-state index in [1.165, 1.54) is 11.3 Å². The van der Waals surface area contributed by atoms with Crippen LogP contribution in [0, 0.1) is 6.92 Å². The van der Waals surface area contributed by atoms with E-state index in [2.05, 4.69) is 5.32 Å². The predicted octanol–water partition coefficient (Wildman–Crippen LogP) is 5.32. The van der Waals surface area contributed by atoms with Gasteiger partial charge in [-0.25, -0.2) is 0 Å². The van der Waals surface area contributed by atoms with Crippen LogP contribution in [0.3, 0.4) is 0 Å². The summed E-state index contributed by atoms with van der Waals surface area (Å²) >= 11 is 13.0. The first-order valence-corrected chi connectivity index (χ1v) is 9.23. The highest BCUT2D eigenvalue weighted by atomic mass is 35.5. The lowest BCUT2D eigenvalue weighted by atomic mass is 10.2. The zero-order valence-electron chi connectivity index (χ0n) is 13.4. The monoisotopic (exact) mass is 387 g/mol. The molecule has 0 bridgehead atoms. The molecule has 0 aliphatic carbocycles. The molecule has 2 aromatic heterocycles. The third kappa shape index (κ3) is 4.25. The molecule has 25 heavy (non-hydrogen) atoms. The Bertz CT molecular complexity index is 919. The third-order valence-corrected chi connectivity index (χ3v) is 4.93. The van der Waals surface area contributed by atoms with Crippen molar-refractivity contribution in [2.75, 3.05) is 5.32 Å². The van der Waals surface area contributed by atoms with E-state index in [1.54, 1.807) is 12.1 Å². The fourth-order valence-electron chi connectivity index (χ4n) is 2.33. The SMILES string of the molecule is Cc1ccc[n+](C(C(=S)Nc2ccc(Cl)cc2)=C(O)c2cccs2)c1. The van der Waals surface area contributed by atoms with E-state index in [4.69, 9.17) is 23.8 Å². The van der Waals surface area contributed by atoms with Gasteiger partial charge < -0.3 is 10.4 Å². The normalized spacial score (nSPS) is 11.8. The second kappa shape index (κ2) is 7.78. The summed E-state index contributed by atoms with van der Waals surface area (Å²) in [5, 5.41) is 16.6. The number of hydrogen-bond donors (Lipinski definition) is 2. The van der Waals surface area contributed by atoms with E-state index in [1.807, 2.05) is 65.7 Å². The van der Waals surface area contributed by atoms with Gasteiger partial charge in [0, 0.05) is 22.3 Å². The number of halogens is 1. The van der Waals surface area contributed by atoms with E-state index in [9.17, 15) is 5.11 Å². The first-order valence-electron chi connectivity index (χ1n) is 7.57. The molecule has 0 aliphatic rings. The van der Waals surface area contributed by atoms with Crippen molar-refractivity contribution in [1.82, 2.24) is 0 Å². The average Bonchev–Trinajstić information content (AvgIpc) is 3.12. The van der Waals surface area contributed by atoms with Crippen LogP contribution >= 0.6 is 35.2 Å². The minimum atomic E-state index is 0.136.